The van der Waals surface area contributed by atoms with Gasteiger partial charge in [-0.25, -0.2) is 4.79 Å². The van der Waals surface area contributed by atoms with E-state index in [4.69, 9.17) is 14.2 Å². The first kappa shape index (κ1) is 21.2. The van der Waals surface area contributed by atoms with Gasteiger partial charge in [-0.05, 0) is 49.3 Å². The van der Waals surface area contributed by atoms with Crippen LogP contribution in [-0.4, -0.2) is 38.3 Å². The van der Waals surface area contributed by atoms with Crippen molar-refractivity contribution in [1.29, 1.82) is 0 Å². The maximum atomic E-state index is 12.9. The summed E-state index contributed by atoms with van der Waals surface area (Å²) in [6.45, 7) is 6.68. The number of carbonyl (C=O) groups excluding carboxylic acids is 2. The normalized spacial score (nSPS) is 22.4. The van der Waals surface area contributed by atoms with Gasteiger partial charge in [-0.2, -0.15) is 0 Å². The molecule has 150 valence electrons. The van der Waals surface area contributed by atoms with Gasteiger partial charge in [0.1, 0.15) is 16.9 Å². The first-order valence-electron chi connectivity index (χ1n) is 9.53. The second-order valence-electron chi connectivity index (χ2n) is 7.76. The van der Waals surface area contributed by atoms with Crippen molar-refractivity contribution in [3.8, 4) is 5.75 Å². The summed E-state index contributed by atoms with van der Waals surface area (Å²) in [6.07, 6.45) is 3.44. The van der Waals surface area contributed by atoms with E-state index in [0.717, 1.165) is 12.8 Å². The molecule has 1 aromatic rings. The van der Waals surface area contributed by atoms with Crippen LogP contribution in [0.3, 0.4) is 0 Å². The lowest BCUT2D eigenvalue weighted by atomic mass is 9.78. The van der Waals surface area contributed by atoms with E-state index >= 15 is 0 Å². The van der Waals surface area contributed by atoms with Crippen LogP contribution >= 0.6 is 0 Å². The fourth-order valence-corrected chi connectivity index (χ4v) is 3.49. The molecule has 1 saturated carbocycles. The highest BCUT2D eigenvalue weighted by Crippen LogP contribution is 2.36. The van der Waals surface area contributed by atoms with Gasteiger partial charge in [-0.15, -0.1) is 0 Å². The molecule has 1 fully saturated rings. The number of esters is 1. The minimum absolute atomic E-state index is 0.178. The number of rotatable bonds is 7. The molecule has 1 amide bonds. The van der Waals surface area contributed by atoms with Crippen molar-refractivity contribution in [2.24, 2.45) is 11.8 Å². The van der Waals surface area contributed by atoms with Crippen LogP contribution in [0.4, 0.5) is 5.69 Å². The van der Waals surface area contributed by atoms with Crippen LogP contribution in [0.1, 0.15) is 56.8 Å². The number of benzene rings is 1. The molecule has 27 heavy (non-hydrogen) atoms. The molecule has 6 nitrogen and oxygen atoms in total. The fraction of sp³-hybridized carbons (Fsp3) is 0.619. The van der Waals surface area contributed by atoms with Crippen LogP contribution < -0.4 is 10.1 Å². The molecule has 2 rings (SSSR count). The predicted octanol–water partition coefficient (Wildman–Crippen LogP) is 4.04. The van der Waals surface area contributed by atoms with Crippen molar-refractivity contribution >= 4 is 17.6 Å². The van der Waals surface area contributed by atoms with E-state index in [2.05, 4.69) is 12.2 Å². The summed E-state index contributed by atoms with van der Waals surface area (Å²) in [5.74, 6) is 0.522. The van der Waals surface area contributed by atoms with Crippen LogP contribution in [0.25, 0.3) is 0 Å². The molecule has 0 saturated heterocycles. The maximum absolute atomic E-state index is 12.9. The number of anilines is 1. The number of methoxy groups -OCH3 is 2. The lowest BCUT2D eigenvalue weighted by Crippen LogP contribution is -2.47. The van der Waals surface area contributed by atoms with E-state index in [1.807, 2.05) is 13.8 Å². The molecule has 0 bridgehead atoms. The third-order valence-corrected chi connectivity index (χ3v) is 4.98. The number of nitrogens with one attached hydrogen (secondary N) is 1. The molecule has 0 radical (unpaired) electrons. The van der Waals surface area contributed by atoms with Crippen LogP contribution in [-0.2, 0) is 14.3 Å². The second-order valence-corrected chi connectivity index (χ2v) is 7.76. The molecule has 1 N–H and O–H groups in total. The third kappa shape index (κ3) is 5.22. The molecule has 2 atom stereocenters. The minimum atomic E-state index is -0.824. The summed E-state index contributed by atoms with van der Waals surface area (Å²) < 4.78 is 16.2. The Kier molecular flexibility index (Phi) is 7.25. The van der Waals surface area contributed by atoms with Crippen molar-refractivity contribution in [2.45, 2.75) is 52.1 Å². The first-order chi connectivity index (χ1) is 12.8. The molecule has 0 heterocycles. The topological polar surface area (TPSA) is 73.9 Å². The SMILES string of the molecule is COC(=O)c1cc(NC(=O)[C@@]2(OC)CCC[C@H](C)C2)ccc1OCC(C)C. The van der Waals surface area contributed by atoms with E-state index in [1.165, 1.54) is 7.11 Å². The average Bonchev–Trinajstić information content (AvgIpc) is 2.65. The van der Waals surface area contributed by atoms with E-state index in [1.54, 1.807) is 25.3 Å². The van der Waals surface area contributed by atoms with Gasteiger partial charge in [0.2, 0.25) is 0 Å². The van der Waals surface area contributed by atoms with Gasteiger partial charge in [0, 0.05) is 12.8 Å². The Morgan fingerprint density at radius 1 is 1.30 bits per heavy atom. The summed E-state index contributed by atoms with van der Waals surface area (Å²) in [5, 5.41) is 2.91. The summed E-state index contributed by atoms with van der Waals surface area (Å²) in [6, 6.07) is 5.01. The zero-order valence-corrected chi connectivity index (χ0v) is 17.0. The van der Waals surface area contributed by atoms with E-state index < -0.39 is 11.6 Å². The Hall–Kier alpha value is -2.08. The monoisotopic (exact) mass is 377 g/mol. The Balaban J connectivity index is 2.22. The molecule has 0 aromatic heterocycles. The fourth-order valence-electron chi connectivity index (χ4n) is 3.49. The number of carbonyl (C=O) groups is 2. The van der Waals surface area contributed by atoms with Gasteiger partial charge >= 0.3 is 5.97 Å². The Morgan fingerprint density at radius 2 is 2.04 bits per heavy atom. The van der Waals surface area contributed by atoms with Crippen LogP contribution in [0, 0.1) is 11.8 Å². The minimum Gasteiger partial charge on any atom is -0.492 e. The van der Waals surface area contributed by atoms with Gasteiger partial charge in [0.15, 0.2) is 0 Å². The smallest absolute Gasteiger partial charge is 0.341 e. The zero-order valence-electron chi connectivity index (χ0n) is 17.0. The maximum Gasteiger partial charge on any atom is 0.341 e. The third-order valence-electron chi connectivity index (χ3n) is 4.98. The average molecular weight is 377 g/mol. The first-order valence-corrected chi connectivity index (χ1v) is 9.53. The van der Waals surface area contributed by atoms with Gasteiger partial charge in [-0.1, -0.05) is 27.2 Å². The Bertz CT molecular complexity index is 673. The summed E-state index contributed by atoms with van der Waals surface area (Å²) >= 11 is 0. The quantitative estimate of drug-likeness (QED) is 0.726. The van der Waals surface area contributed by atoms with Crippen molar-refractivity contribution in [2.75, 3.05) is 26.1 Å². The highest BCUT2D eigenvalue weighted by atomic mass is 16.5. The standard InChI is InChI=1S/C21H31NO5/c1-14(2)13-27-18-9-8-16(11-17(18)19(23)25-4)22-20(24)21(26-5)10-6-7-15(3)12-21/h8-9,11,14-15H,6-7,10,12-13H2,1-5H3,(H,22,24)/t15-,21+/m0/s1. The summed E-state index contributed by atoms with van der Waals surface area (Å²) in [7, 11) is 2.91. The number of ether oxygens (including phenoxy) is 3. The molecule has 1 aliphatic rings. The largest absolute Gasteiger partial charge is 0.492 e. The zero-order chi connectivity index (χ0) is 20.0. The summed E-state index contributed by atoms with van der Waals surface area (Å²) in [5.41, 5.74) is -0.0120. The van der Waals surface area contributed by atoms with Crippen molar-refractivity contribution < 1.29 is 23.8 Å². The molecule has 6 heteroatoms. The Labute approximate surface area is 161 Å². The van der Waals surface area contributed by atoms with Crippen molar-refractivity contribution in [3.63, 3.8) is 0 Å². The lowest BCUT2D eigenvalue weighted by Gasteiger charge is -2.37. The van der Waals surface area contributed by atoms with E-state index in [-0.39, 0.29) is 5.91 Å². The second kappa shape index (κ2) is 9.22. The molecule has 1 aliphatic carbocycles. The molecule has 1 aromatic carbocycles. The van der Waals surface area contributed by atoms with Crippen LogP contribution in [0.5, 0.6) is 5.75 Å². The van der Waals surface area contributed by atoms with Crippen molar-refractivity contribution in [3.05, 3.63) is 23.8 Å². The summed E-state index contributed by atoms with van der Waals surface area (Å²) in [4.78, 5) is 25.1. The van der Waals surface area contributed by atoms with Crippen LogP contribution in [0.2, 0.25) is 0 Å². The van der Waals surface area contributed by atoms with Crippen LogP contribution in [0.15, 0.2) is 18.2 Å². The molecular formula is C21H31NO5. The molecule has 0 spiro atoms. The molecule has 0 unspecified atom stereocenters. The number of hydrogen-bond donors (Lipinski definition) is 1. The van der Waals surface area contributed by atoms with Gasteiger partial charge in [0.05, 0.1) is 13.7 Å². The Morgan fingerprint density at radius 3 is 2.63 bits per heavy atom. The predicted molar refractivity (Wildman–Crippen MR) is 104 cm³/mol. The van der Waals surface area contributed by atoms with Crippen molar-refractivity contribution in [1.82, 2.24) is 0 Å². The number of hydrogen-bond acceptors (Lipinski definition) is 5. The lowest BCUT2D eigenvalue weighted by molar-refractivity contribution is -0.143. The molecular weight excluding hydrogens is 346 g/mol. The highest BCUT2D eigenvalue weighted by Gasteiger charge is 2.42. The van der Waals surface area contributed by atoms with Gasteiger partial charge < -0.3 is 19.5 Å². The highest BCUT2D eigenvalue weighted by molar-refractivity contribution is 5.99. The van der Waals surface area contributed by atoms with E-state index in [9.17, 15) is 9.59 Å². The van der Waals surface area contributed by atoms with Gasteiger partial charge in [-0.3, -0.25) is 4.79 Å². The molecule has 0 aliphatic heterocycles. The number of amides is 1. The van der Waals surface area contributed by atoms with E-state index in [0.29, 0.717) is 48.3 Å². The van der Waals surface area contributed by atoms with Gasteiger partial charge in [0.25, 0.3) is 5.91 Å².